The van der Waals surface area contributed by atoms with Crippen molar-refractivity contribution in [1.82, 2.24) is 10.2 Å². The molecule has 1 aliphatic heterocycles. The molecule has 1 aliphatic rings. The van der Waals surface area contributed by atoms with Gasteiger partial charge >= 0.3 is 0 Å². The molecule has 128 valence electrons. The Labute approximate surface area is 147 Å². The molecular weight excluding hydrogens is 319 g/mol. The van der Waals surface area contributed by atoms with Gasteiger partial charge in [0.25, 0.3) is 0 Å². The monoisotopic (exact) mass is 348 g/mol. The van der Waals surface area contributed by atoms with Gasteiger partial charge in [0.1, 0.15) is 5.75 Å². The normalized spacial score (nSPS) is 17.8. The van der Waals surface area contributed by atoms with Crippen LogP contribution in [0.5, 0.6) is 5.75 Å². The number of piperazine rings is 1. The van der Waals surface area contributed by atoms with Crippen LogP contribution in [0.4, 0.5) is 0 Å². The van der Waals surface area contributed by atoms with Gasteiger partial charge in [0.2, 0.25) is 0 Å². The maximum Gasteiger partial charge on any atom is 0.119 e. The number of hydrogen-bond acceptors (Lipinski definition) is 3. The molecular formula is C17H30Cl2N2O. The number of ether oxygens (including phenoxy) is 1. The number of nitrogens with zero attached hydrogens (tertiary/aromatic N) is 1. The van der Waals surface area contributed by atoms with Crippen molar-refractivity contribution in [3.8, 4) is 5.75 Å². The highest BCUT2D eigenvalue weighted by Gasteiger charge is 2.26. The minimum absolute atomic E-state index is 0. The van der Waals surface area contributed by atoms with Crippen molar-refractivity contribution < 1.29 is 4.74 Å². The molecule has 3 nitrogen and oxygen atoms in total. The molecule has 0 aliphatic carbocycles. The largest absolute Gasteiger partial charge is 0.494 e. The van der Waals surface area contributed by atoms with Crippen LogP contribution in [0.15, 0.2) is 24.3 Å². The van der Waals surface area contributed by atoms with Crippen molar-refractivity contribution in [3.05, 3.63) is 29.8 Å². The minimum atomic E-state index is 0. The van der Waals surface area contributed by atoms with Crippen LogP contribution in [0.1, 0.15) is 38.8 Å². The van der Waals surface area contributed by atoms with Gasteiger partial charge in [0, 0.05) is 32.2 Å². The summed E-state index contributed by atoms with van der Waals surface area (Å²) in [4.78, 5) is 2.63. The molecule has 1 unspecified atom stereocenters. The molecule has 1 N–H and O–H groups in total. The Morgan fingerprint density at radius 3 is 2.18 bits per heavy atom. The van der Waals surface area contributed by atoms with E-state index in [-0.39, 0.29) is 24.8 Å². The third-order valence-electron chi connectivity index (χ3n) is 4.26. The average Bonchev–Trinajstić information content (AvgIpc) is 2.50. The molecule has 22 heavy (non-hydrogen) atoms. The molecule has 2 rings (SSSR count). The molecule has 0 aromatic heterocycles. The van der Waals surface area contributed by atoms with Crippen LogP contribution in [0.25, 0.3) is 0 Å². The number of benzene rings is 1. The molecule has 1 saturated heterocycles. The Balaban J connectivity index is 0.00000220. The first-order valence-corrected chi connectivity index (χ1v) is 7.93. The lowest BCUT2D eigenvalue weighted by atomic mass is 9.90. The predicted octanol–water partition coefficient (Wildman–Crippen LogP) is 3.92. The van der Waals surface area contributed by atoms with Crippen LogP contribution in [0.2, 0.25) is 0 Å². The van der Waals surface area contributed by atoms with Crippen LogP contribution in [0, 0.1) is 5.92 Å². The van der Waals surface area contributed by atoms with Crippen molar-refractivity contribution in [3.63, 3.8) is 0 Å². The summed E-state index contributed by atoms with van der Waals surface area (Å²) in [6.07, 6.45) is 1.21. The first-order chi connectivity index (χ1) is 9.76. The molecule has 0 amide bonds. The van der Waals surface area contributed by atoms with E-state index in [2.05, 4.69) is 48.3 Å². The maximum atomic E-state index is 5.55. The predicted molar refractivity (Wildman–Crippen MR) is 98.7 cm³/mol. The van der Waals surface area contributed by atoms with Gasteiger partial charge in [-0.1, -0.05) is 32.4 Å². The summed E-state index contributed by atoms with van der Waals surface area (Å²) in [6.45, 7) is 11.9. The molecule has 0 bridgehead atoms. The maximum absolute atomic E-state index is 5.55. The number of nitrogens with one attached hydrogen (secondary N) is 1. The van der Waals surface area contributed by atoms with Crippen molar-refractivity contribution in [1.29, 1.82) is 0 Å². The lowest BCUT2D eigenvalue weighted by Gasteiger charge is -2.38. The van der Waals surface area contributed by atoms with Gasteiger partial charge in [0.05, 0.1) is 6.61 Å². The topological polar surface area (TPSA) is 24.5 Å². The highest BCUT2D eigenvalue weighted by molar-refractivity contribution is 5.85. The van der Waals surface area contributed by atoms with Crippen LogP contribution < -0.4 is 10.1 Å². The SMILES string of the molecule is CCOc1ccc([C@H](C(C)CC)N2CCNCC2)cc1.Cl.Cl. The highest BCUT2D eigenvalue weighted by Crippen LogP contribution is 2.31. The van der Waals surface area contributed by atoms with Crippen molar-refractivity contribution in [2.45, 2.75) is 33.2 Å². The average molecular weight is 349 g/mol. The summed E-state index contributed by atoms with van der Waals surface area (Å²) >= 11 is 0. The Morgan fingerprint density at radius 2 is 1.68 bits per heavy atom. The fourth-order valence-electron chi connectivity index (χ4n) is 3.01. The lowest BCUT2D eigenvalue weighted by Crippen LogP contribution is -2.46. The summed E-state index contributed by atoms with van der Waals surface area (Å²) in [7, 11) is 0. The summed E-state index contributed by atoms with van der Waals surface area (Å²) in [5.41, 5.74) is 1.42. The Bertz CT molecular complexity index is 394. The van der Waals surface area contributed by atoms with Gasteiger partial charge in [-0.25, -0.2) is 0 Å². The van der Waals surface area contributed by atoms with E-state index >= 15 is 0 Å². The summed E-state index contributed by atoms with van der Waals surface area (Å²) in [6, 6.07) is 9.22. The second-order valence-electron chi connectivity index (χ2n) is 5.62. The van der Waals surface area contributed by atoms with Gasteiger partial charge in [-0.2, -0.15) is 0 Å². The van der Waals surface area contributed by atoms with E-state index in [4.69, 9.17) is 4.74 Å². The third kappa shape index (κ3) is 5.62. The lowest BCUT2D eigenvalue weighted by molar-refractivity contribution is 0.128. The Kier molecular flexibility index (Phi) is 10.9. The van der Waals surface area contributed by atoms with E-state index in [0.29, 0.717) is 12.0 Å². The van der Waals surface area contributed by atoms with Crippen LogP contribution in [-0.2, 0) is 0 Å². The summed E-state index contributed by atoms with van der Waals surface area (Å²) < 4.78 is 5.55. The van der Waals surface area contributed by atoms with Crippen molar-refractivity contribution >= 4 is 24.8 Å². The highest BCUT2D eigenvalue weighted by atomic mass is 35.5. The molecule has 1 heterocycles. The van der Waals surface area contributed by atoms with E-state index in [9.17, 15) is 0 Å². The number of halogens is 2. The smallest absolute Gasteiger partial charge is 0.119 e. The molecule has 0 radical (unpaired) electrons. The quantitative estimate of drug-likeness (QED) is 0.842. The molecule has 0 saturated carbocycles. The zero-order chi connectivity index (χ0) is 14.4. The first-order valence-electron chi connectivity index (χ1n) is 7.93. The summed E-state index contributed by atoms with van der Waals surface area (Å²) in [5, 5.41) is 3.44. The fraction of sp³-hybridized carbons (Fsp3) is 0.647. The Morgan fingerprint density at radius 1 is 1.09 bits per heavy atom. The molecule has 2 atom stereocenters. The van der Waals surface area contributed by atoms with Gasteiger partial charge in [-0.3, -0.25) is 4.90 Å². The minimum Gasteiger partial charge on any atom is -0.494 e. The molecule has 5 heteroatoms. The number of rotatable bonds is 6. The van der Waals surface area contributed by atoms with E-state index in [1.807, 2.05) is 6.92 Å². The van der Waals surface area contributed by atoms with E-state index in [1.54, 1.807) is 0 Å². The van der Waals surface area contributed by atoms with Crippen LogP contribution in [0.3, 0.4) is 0 Å². The van der Waals surface area contributed by atoms with Crippen LogP contribution >= 0.6 is 24.8 Å². The first kappa shape index (κ1) is 21.5. The third-order valence-corrected chi connectivity index (χ3v) is 4.26. The zero-order valence-corrected chi connectivity index (χ0v) is 15.5. The van der Waals surface area contributed by atoms with E-state index < -0.39 is 0 Å². The Hall–Kier alpha value is -0.480. The molecule has 1 aromatic carbocycles. The zero-order valence-electron chi connectivity index (χ0n) is 13.9. The second-order valence-corrected chi connectivity index (χ2v) is 5.62. The van der Waals surface area contributed by atoms with Gasteiger partial charge in [-0.05, 0) is 30.5 Å². The molecule has 1 aromatic rings. The second kappa shape index (κ2) is 11.1. The van der Waals surface area contributed by atoms with Crippen molar-refractivity contribution in [2.75, 3.05) is 32.8 Å². The number of hydrogen-bond donors (Lipinski definition) is 1. The summed E-state index contributed by atoms with van der Waals surface area (Å²) in [5.74, 6) is 1.64. The standard InChI is InChI=1S/C17H28N2O.2ClH/c1-4-14(3)17(19-12-10-18-11-13-19)15-6-8-16(9-7-15)20-5-2;;/h6-9,14,17-18H,4-5,10-13H2,1-3H3;2*1H/t14?,17-;;/m0../s1. The van der Waals surface area contributed by atoms with Gasteiger partial charge in [0.15, 0.2) is 0 Å². The van der Waals surface area contributed by atoms with E-state index in [0.717, 1.165) is 38.5 Å². The van der Waals surface area contributed by atoms with Crippen LogP contribution in [-0.4, -0.2) is 37.7 Å². The molecule has 1 fully saturated rings. The van der Waals surface area contributed by atoms with E-state index in [1.165, 1.54) is 12.0 Å². The van der Waals surface area contributed by atoms with Gasteiger partial charge < -0.3 is 10.1 Å². The molecule has 0 spiro atoms. The fourth-order valence-corrected chi connectivity index (χ4v) is 3.01. The van der Waals surface area contributed by atoms with Gasteiger partial charge in [-0.15, -0.1) is 24.8 Å². The van der Waals surface area contributed by atoms with Crippen molar-refractivity contribution in [2.24, 2.45) is 5.92 Å².